The van der Waals surface area contributed by atoms with Crippen LogP contribution in [0.3, 0.4) is 0 Å². The van der Waals surface area contributed by atoms with Crippen molar-refractivity contribution in [3.05, 3.63) is 23.2 Å². The zero-order valence-corrected chi connectivity index (χ0v) is 10.4. The molecule has 0 spiro atoms. The highest BCUT2D eigenvalue weighted by Gasteiger charge is 2.22. The molecule has 2 heterocycles. The first kappa shape index (κ1) is 11.7. The normalized spacial score (nSPS) is 22.6. The van der Waals surface area contributed by atoms with Crippen molar-refractivity contribution in [1.29, 1.82) is 0 Å². The van der Waals surface area contributed by atoms with E-state index in [0.717, 1.165) is 24.7 Å². The van der Waals surface area contributed by atoms with Gasteiger partial charge in [0, 0.05) is 24.8 Å². The summed E-state index contributed by atoms with van der Waals surface area (Å²) in [6.07, 6.45) is 2.76. The van der Waals surface area contributed by atoms with Gasteiger partial charge in [-0.3, -0.25) is 0 Å². The maximum absolute atomic E-state index is 5.65. The first-order valence-corrected chi connectivity index (χ1v) is 6.07. The Balaban J connectivity index is 1.84. The quantitative estimate of drug-likeness (QED) is 0.852. The van der Waals surface area contributed by atoms with Gasteiger partial charge in [0.05, 0.1) is 6.10 Å². The molecule has 1 aliphatic rings. The molecule has 90 valence electrons. The third-order valence-electron chi connectivity index (χ3n) is 3.28. The van der Waals surface area contributed by atoms with E-state index < -0.39 is 0 Å². The van der Waals surface area contributed by atoms with Crippen LogP contribution in [-0.4, -0.2) is 18.8 Å². The molecule has 2 atom stereocenters. The summed E-state index contributed by atoms with van der Waals surface area (Å²) >= 11 is 0. The topological polar surface area (TPSA) is 34.4 Å². The highest BCUT2D eigenvalue weighted by Crippen LogP contribution is 2.17. The number of nitrogens with one attached hydrogen (secondary N) is 1. The molecule has 3 nitrogen and oxygen atoms in total. The van der Waals surface area contributed by atoms with Crippen LogP contribution in [-0.2, 0) is 11.3 Å². The number of rotatable bonds is 4. The van der Waals surface area contributed by atoms with E-state index in [4.69, 9.17) is 9.15 Å². The van der Waals surface area contributed by atoms with Crippen LogP contribution in [0.1, 0.15) is 36.8 Å². The average molecular weight is 223 g/mol. The molecule has 0 radical (unpaired) electrons. The molecule has 0 saturated carbocycles. The molecule has 0 aliphatic carbocycles. The molecule has 2 unspecified atom stereocenters. The van der Waals surface area contributed by atoms with Gasteiger partial charge in [0.1, 0.15) is 11.5 Å². The summed E-state index contributed by atoms with van der Waals surface area (Å²) in [5.41, 5.74) is 1.25. The van der Waals surface area contributed by atoms with Gasteiger partial charge in [-0.05, 0) is 39.7 Å². The van der Waals surface area contributed by atoms with Crippen LogP contribution in [0.4, 0.5) is 0 Å². The van der Waals surface area contributed by atoms with Crippen LogP contribution in [0.25, 0.3) is 0 Å². The van der Waals surface area contributed by atoms with Crippen LogP contribution in [0.15, 0.2) is 10.5 Å². The summed E-state index contributed by atoms with van der Waals surface area (Å²) in [5.74, 6) is 2.00. The number of hydrogen-bond acceptors (Lipinski definition) is 3. The monoisotopic (exact) mass is 223 g/mol. The van der Waals surface area contributed by atoms with E-state index in [0.29, 0.717) is 12.1 Å². The molecule has 0 bridgehead atoms. The van der Waals surface area contributed by atoms with Crippen LogP contribution in [0.5, 0.6) is 0 Å². The van der Waals surface area contributed by atoms with Crippen molar-refractivity contribution in [3.8, 4) is 0 Å². The minimum absolute atomic E-state index is 0.383. The van der Waals surface area contributed by atoms with Crippen molar-refractivity contribution in [2.24, 2.45) is 0 Å². The molecule has 2 rings (SSSR count). The van der Waals surface area contributed by atoms with Gasteiger partial charge in [0.15, 0.2) is 0 Å². The molecule has 1 aromatic heterocycles. The van der Waals surface area contributed by atoms with Crippen LogP contribution in [0, 0.1) is 13.8 Å². The van der Waals surface area contributed by atoms with Crippen molar-refractivity contribution in [3.63, 3.8) is 0 Å². The lowest BCUT2D eigenvalue weighted by molar-refractivity contribution is 0.0831. The highest BCUT2D eigenvalue weighted by atomic mass is 16.5. The Morgan fingerprint density at radius 1 is 1.50 bits per heavy atom. The molecule has 1 aliphatic heterocycles. The van der Waals surface area contributed by atoms with Gasteiger partial charge in [-0.1, -0.05) is 0 Å². The molecule has 16 heavy (non-hydrogen) atoms. The molecule has 3 heteroatoms. The lowest BCUT2D eigenvalue weighted by Gasteiger charge is -2.19. The van der Waals surface area contributed by atoms with Gasteiger partial charge < -0.3 is 14.5 Å². The average Bonchev–Trinajstić information content (AvgIpc) is 2.84. The van der Waals surface area contributed by atoms with E-state index in [2.05, 4.69) is 18.3 Å². The zero-order chi connectivity index (χ0) is 11.5. The van der Waals surface area contributed by atoms with Gasteiger partial charge in [-0.2, -0.15) is 0 Å². The van der Waals surface area contributed by atoms with Crippen molar-refractivity contribution >= 4 is 0 Å². The Labute approximate surface area is 97.2 Å². The maximum Gasteiger partial charge on any atom is 0.105 e. The fourth-order valence-electron chi connectivity index (χ4n) is 2.26. The summed E-state index contributed by atoms with van der Waals surface area (Å²) in [6.45, 7) is 7.98. The number of hydrogen-bond donors (Lipinski definition) is 1. The number of aryl methyl sites for hydroxylation is 2. The molecular formula is C13H21NO2. The SMILES string of the molecule is Cc1cc(CNC(C)C2CCCO2)c(C)o1. The standard InChI is InChI=1S/C13H21NO2/c1-9-7-12(11(3)16-9)8-14-10(2)13-5-4-6-15-13/h7,10,13-14H,4-6,8H2,1-3H3. The molecule has 0 aromatic carbocycles. The Morgan fingerprint density at radius 2 is 2.31 bits per heavy atom. The fourth-order valence-corrected chi connectivity index (χ4v) is 2.26. The maximum atomic E-state index is 5.65. The van der Waals surface area contributed by atoms with Gasteiger partial charge >= 0.3 is 0 Å². The summed E-state index contributed by atoms with van der Waals surface area (Å²) in [6, 6.07) is 2.52. The van der Waals surface area contributed by atoms with Gasteiger partial charge in [-0.15, -0.1) is 0 Å². The van der Waals surface area contributed by atoms with E-state index in [1.807, 2.05) is 13.8 Å². The van der Waals surface area contributed by atoms with Crippen molar-refractivity contribution < 1.29 is 9.15 Å². The van der Waals surface area contributed by atoms with Gasteiger partial charge in [0.25, 0.3) is 0 Å². The highest BCUT2D eigenvalue weighted by molar-refractivity contribution is 5.19. The Kier molecular flexibility index (Phi) is 3.66. The van der Waals surface area contributed by atoms with E-state index in [1.54, 1.807) is 0 Å². The molecule has 1 saturated heterocycles. The van der Waals surface area contributed by atoms with Crippen molar-refractivity contribution in [2.45, 2.75) is 52.3 Å². The van der Waals surface area contributed by atoms with Crippen LogP contribution < -0.4 is 5.32 Å². The Hall–Kier alpha value is -0.800. The predicted octanol–water partition coefficient (Wildman–Crippen LogP) is 2.55. The van der Waals surface area contributed by atoms with E-state index in [-0.39, 0.29) is 0 Å². The lowest BCUT2D eigenvalue weighted by atomic mass is 10.1. The minimum Gasteiger partial charge on any atom is -0.466 e. The van der Waals surface area contributed by atoms with Crippen molar-refractivity contribution in [1.82, 2.24) is 5.32 Å². The summed E-state index contributed by atoms with van der Waals surface area (Å²) in [5, 5.41) is 3.51. The van der Waals surface area contributed by atoms with E-state index in [9.17, 15) is 0 Å². The first-order valence-electron chi connectivity index (χ1n) is 6.07. The van der Waals surface area contributed by atoms with E-state index >= 15 is 0 Å². The fraction of sp³-hybridized carbons (Fsp3) is 0.692. The minimum atomic E-state index is 0.383. The van der Waals surface area contributed by atoms with Crippen molar-refractivity contribution in [2.75, 3.05) is 6.61 Å². The van der Waals surface area contributed by atoms with E-state index in [1.165, 1.54) is 18.4 Å². The molecule has 1 fully saturated rings. The smallest absolute Gasteiger partial charge is 0.105 e. The van der Waals surface area contributed by atoms with Crippen LogP contribution >= 0.6 is 0 Å². The molecular weight excluding hydrogens is 202 g/mol. The van der Waals surface area contributed by atoms with Crippen LogP contribution in [0.2, 0.25) is 0 Å². The zero-order valence-electron chi connectivity index (χ0n) is 10.4. The summed E-state index contributed by atoms with van der Waals surface area (Å²) < 4.78 is 11.2. The second-order valence-electron chi connectivity index (χ2n) is 4.66. The number of ether oxygens (including phenoxy) is 1. The molecule has 1 N–H and O–H groups in total. The number of furan rings is 1. The summed E-state index contributed by atoms with van der Waals surface area (Å²) in [7, 11) is 0. The Bertz CT molecular complexity index is 340. The lowest BCUT2D eigenvalue weighted by Crippen LogP contribution is -2.36. The third-order valence-corrected chi connectivity index (χ3v) is 3.28. The van der Waals surface area contributed by atoms with Gasteiger partial charge in [-0.25, -0.2) is 0 Å². The second-order valence-corrected chi connectivity index (χ2v) is 4.66. The Morgan fingerprint density at radius 3 is 2.88 bits per heavy atom. The molecule has 0 amide bonds. The molecule has 1 aromatic rings. The third kappa shape index (κ3) is 2.66. The predicted molar refractivity (Wildman–Crippen MR) is 63.5 cm³/mol. The second kappa shape index (κ2) is 5.02. The first-order chi connectivity index (χ1) is 7.66. The van der Waals surface area contributed by atoms with Gasteiger partial charge in [0.2, 0.25) is 0 Å². The largest absolute Gasteiger partial charge is 0.466 e. The summed E-state index contributed by atoms with van der Waals surface area (Å²) in [4.78, 5) is 0.